The van der Waals surface area contributed by atoms with Crippen LogP contribution < -0.4 is 10.3 Å². The predicted octanol–water partition coefficient (Wildman–Crippen LogP) is 5.31. The Labute approximate surface area is 176 Å². The van der Waals surface area contributed by atoms with Gasteiger partial charge in [0.2, 0.25) is 0 Å². The molecule has 0 spiro atoms. The predicted molar refractivity (Wildman–Crippen MR) is 123 cm³/mol. The van der Waals surface area contributed by atoms with Crippen molar-refractivity contribution in [3.8, 4) is 16.9 Å². The summed E-state index contributed by atoms with van der Waals surface area (Å²) in [4.78, 5) is 21.9. The Bertz CT molecular complexity index is 1450. The molecule has 0 fully saturated rings. The van der Waals surface area contributed by atoms with Crippen molar-refractivity contribution in [3.63, 3.8) is 0 Å². The molecule has 6 heteroatoms. The molecule has 5 nitrogen and oxygen atoms in total. The molecular weight excluding hydrogens is 394 g/mol. The van der Waals surface area contributed by atoms with Crippen LogP contribution in [-0.2, 0) is 0 Å². The molecule has 0 radical (unpaired) electrons. The molecule has 0 aliphatic carbocycles. The quantitative estimate of drug-likeness (QED) is 0.402. The molecule has 0 bridgehead atoms. The number of pyridine rings is 3. The fourth-order valence-corrected chi connectivity index (χ4v) is 4.37. The van der Waals surface area contributed by atoms with E-state index >= 15 is 0 Å². The van der Waals surface area contributed by atoms with Crippen molar-refractivity contribution in [1.29, 1.82) is 0 Å². The lowest BCUT2D eigenvalue weighted by Crippen LogP contribution is -2.14. The smallest absolute Gasteiger partial charge is 0.263 e. The molecule has 0 unspecified atom stereocenters. The Morgan fingerprint density at radius 1 is 1.07 bits per heavy atom. The molecule has 5 aromatic rings. The van der Waals surface area contributed by atoms with Gasteiger partial charge >= 0.3 is 0 Å². The molecule has 0 amide bonds. The summed E-state index contributed by atoms with van der Waals surface area (Å²) in [6, 6.07) is 15.5. The van der Waals surface area contributed by atoms with Gasteiger partial charge in [0.05, 0.1) is 23.7 Å². The van der Waals surface area contributed by atoms with Crippen LogP contribution in [0.5, 0.6) is 5.75 Å². The second-order valence-electron chi connectivity index (χ2n) is 6.76. The lowest BCUT2D eigenvalue weighted by atomic mass is 10.1. The van der Waals surface area contributed by atoms with Crippen molar-refractivity contribution >= 4 is 44.6 Å². The maximum Gasteiger partial charge on any atom is 0.263 e. The largest absolute Gasteiger partial charge is 0.497 e. The number of benzene rings is 1. The van der Waals surface area contributed by atoms with Gasteiger partial charge in [0.15, 0.2) is 0 Å². The lowest BCUT2D eigenvalue weighted by molar-refractivity contribution is 0.415. The number of thiophene rings is 1. The molecule has 30 heavy (non-hydrogen) atoms. The van der Waals surface area contributed by atoms with Gasteiger partial charge < -0.3 is 4.74 Å². The minimum Gasteiger partial charge on any atom is -0.497 e. The summed E-state index contributed by atoms with van der Waals surface area (Å²) >= 11 is 1.57. The highest BCUT2D eigenvalue weighted by Crippen LogP contribution is 2.31. The van der Waals surface area contributed by atoms with Crippen LogP contribution in [0.3, 0.4) is 0 Å². The van der Waals surface area contributed by atoms with Crippen molar-refractivity contribution < 1.29 is 4.74 Å². The summed E-state index contributed by atoms with van der Waals surface area (Å²) in [7, 11) is 1.65. The zero-order valence-corrected chi connectivity index (χ0v) is 17.0. The fraction of sp³-hybridized carbons (Fsp3) is 0.0417. The Morgan fingerprint density at radius 2 is 1.93 bits per heavy atom. The van der Waals surface area contributed by atoms with E-state index in [1.807, 2.05) is 60.0 Å². The van der Waals surface area contributed by atoms with Crippen molar-refractivity contribution in [1.82, 2.24) is 14.5 Å². The average molecular weight is 411 g/mol. The van der Waals surface area contributed by atoms with Gasteiger partial charge in [-0.2, -0.15) is 0 Å². The van der Waals surface area contributed by atoms with Crippen molar-refractivity contribution in [2.45, 2.75) is 0 Å². The molecule has 0 N–H and O–H groups in total. The number of rotatable bonds is 4. The van der Waals surface area contributed by atoms with Crippen LogP contribution in [0.4, 0.5) is 0 Å². The number of nitrogens with zero attached hydrogens (tertiary/aromatic N) is 3. The zero-order valence-electron chi connectivity index (χ0n) is 16.1. The first kappa shape index (κ1) is 18.3. The average Bonchev–Trinajstić information content (AvgIpc) is 3.24. The highest BCUT2D eigenvalue weighted by Gasteiger charge is 2.11. The molecule has 0 aliphatic rings. The molecule has 4 aromatic heterocycles. The zero-order chi connectivity index (χ0) is 20.5. The van der Waals surface area contributed by atoms with Crippen LogP contribution in [0, 0.1) is 0 Å². The first-order valence-corrected chi connectivity index (χ1v) is 10.3. The summed E-state index contributed by atoms with van der Waals surface area (Å²) in [5, 5.41) is 3.75. The fourth-order valence-electron chi connectivity index (χ4n) is 3.42. The number of aromatic nitrogens is 3. The van der Waals surface area contributed by atoms with Crippen molar-refractivity contribution in [3.05, 3.63) is 88.5 Å². The van der Waals surface area contributed by atoms with E-state index in [-0.39, 0.29) is 5.56 Å². The van der Waals surface area contributed by atoms with E-state index in [0.29, 0.717) is 0 Å². The molecule has 0 saturated carbocycles. The van der Waals surface area contributed by atoms with E-state index < -0.39 is 0 Å². The van der Waals surface area contributed by atoms with Gasteiger partial charge in [-0.3, -0.25) is 14.3 Å². The van der Waals surface area contributed by atoms with Crippen LogP contribution in [0.15, 0.2) is 77.3 Å². The van der Waals surface area contributed by atoms with Crippen LogP contribution >= 0.6 is 11.3 Å². The number of methoxy groups -OCH3 is 1. The van der Waals surface area contributed by atoms with Gasteiger partial charge in [0.25, 0.3) is 5.56 Å². The normalized spacial score (nSPS) is 11.5. The Balaban J connectivity index is 1.54. The van der Waals surface area contributed by atoms with E-state index in [1.54, 1.807) is 47.8 Å². The minimum absolute atomic E-state index is 0.0534. The molecule has 0 saturated heterocycles. The summed E-state index contributed by atoms with van der Waals surface area (Å²) in [6.07, 6.45) is 8.87. The Kier molecular flexibility index (Phi) is 4.61. The molecule has 146 valence electrons. The summed E-state index contributed by atoms with van der Waals surface area (Å²) < 4.78 is 7.82. The van der Waals surface area contributed by atoms with E-state index in [0.717, 1.165) is 43.6 Å². The van der Waals surface area contributed by atoms with Gasteiger partial charge in [0, 0.05) is 45.8 Å². The molecule has 0 atom stereocenters. The van der Waals surface area contributed by atoms with E-state index in [9.17, 15) is 4.79 Å². The number of ether oxygens (including phenoxy) is 1. The number of fused-ring (bicyclic) bond motifs is 2. The summed E-state index contributed by atoms with van der Waals surface area (Å²) in [5.74, 6) is 0.799. The van der Waals surface area contributed by atoms with Gasteiger partial charge in [-0.05, 0) is 54.1 Å². The SMILES string of the molecule is COc1ccc2nc(C=Cn3ccc4scc(-c5ccncc5)c4c3=O)ccc2c1. The first-order valence-electron chi connectivity index (χ1n) is 9.39. The maximum atomic E-state index is 13.2. The second-order valence-corrected chi connectivity index (χ2v) is 7.67. The third-order valence-corrected chi connectivity index (χ3v) is 5.92. The van der Waals surface area contributed by atoms with Crippen LogP contribution in [-0.4, -0.2) is 21.6 Å². The summed E-state index contributed by atoms with van der Waals surface area (Å²) in [5.41, 5.74) is 3.52. The van der Waals surface area contributed by atoms with Gasteiger partial charge in [-0.25, -0.2) is 4.98 Å². The highest BCUT2D eigenvalue weighted by atomic mass is 32.1. The molecule has 5 rings (SSSR count). The van der Waals surface area contributed by atoms with Gasteiger partial charge in [-0.15, -0.1) is 11.3 Å². The minimum atomic E-state index is -0.0534. The third-order valence-electron chi connectivity index (χ3n) is 4.97. The second kappa shape index (κ2) is 7.57. The molecular formula is C24H17N3O2S. The molecule has 1 aromatic carbocycles. The first-order chi connectivity index (χ1) is 14.7. The third kappa shape index (κ3) is 3.27. The van der Waals surface area contributed by atoms with E-state index in [4.69, 9.17) is 4.74 Å². The topological polar surface area (TPSA) is 57.0 Å². The van der Waals surface area contributed by atoms with Crippen molar-refractivity contribution in [2.75, 3.05) is 7.11 Å². The Hall–Kier alpha value is -3.77. The van der Waals surface area contributed by atoms with Crippen molar-refractivity contribution in [2.24, 2.45) is 0 Å². The van der Waals surface area contributed by atoms with E-state index in [2.05, 4.69) is 9.97 Å². The molecule has 0 aliphatic heterocycles. The number of hydrogen-bond donors (Lipinski definition) is 0. The maximum absolute atomic E-state index is 13.2. The summed E-state index contributed by atoms with van der Waals surface area (Å²) in [6.45, 7) is 0. The van der Waals surface area contributed by atoms with Crippen LogP contribution in [0.25, 0.3) is 44.4 Å². The standard InChI is InChI=1S/C24H17N3O2S/c1-29-19-4-5-21-17(14-19)2-3-18(26-21)8-12-27-13-9-22-23(24(27)28)20(15-30-22)16-6-10-25-11-7-16/h2-15H,1H3. The monoisotopic (exact) mass is 411 g/mol. The van der Waals surface area contributed by atoms with Gasteiger partial charge in [-0.1, -0.05) is 6.07 Å². The Morgan fingerprint density at radius 3 is 2.77 bits per heavy atom. The van der Waals surface area contributed by atoms with Crippen LogP contribution in [0.1, 0.15) is 5.69 Å². The highest BCUT2D eigenvalue weighted by molar-refractivity contribution is 7.17. The molecule has 4 heterocycles. The van der Waals surface area contributed by atoms with E-state index in [1.165, 1.54) is 0 Å². The van der Waals surface area contributed by atoms with Gasteiger partial charge in [0.1, 0.15) is 5.75 Å². The number of hydrogen-bond acceptors (Lipinski definition) is 5. The lowest BCUT2D eigenvalue weighted by Gasteiger charge is -2.04. The van der Waals surface area contributed by atoms with Crippen LogP contribution in [0.2, 0.25) is 0 Å².